The van der Waals surface area contributed by atoms with Gasteiger partial charge in [-0.05, 0) is 61.4 Å². The van der Waals surface area contributed by atoms with Gasteiger partial charge in [-0.15, -0.1) is 0 Å². The van der Waals surface area contributed by atoms with Crippen molar-refractivity contribution in [2.24, 2.45) is 0 Å². The van der Waals surface area contributed by atoms with E-state index in [-0.39, 0.29) is 36.9 Å². The van der Waals surface area contributed by atoms with Crippen LogP contribution in [0.25, 0.3) is 16.6 Å². The van der Waals surface area contributed by atoms with Crippen molar-refractivity contribution in [1.29, 1.82) is 0 Å². The molecule has 0 bridgehead atoms. The lowest BCUT2D eigenvalue weighted by Crippen LogP contribution is -2.51. The molecule has 0 amide bonds. The van der Waals surface area contributed by atoms with Crippen molar-refractivity contribution in [3.8, 4) is 5.69 Å². The number of hydrogen-bond donors (Lipinski definition) is 0. The van der Waals surface area contributed by atoms with E-state index < -0.39 is 28.7 Å². The van der Waals surface area contributed by atoms with Gasteiger partial charge in [-0.3, -0.25) is 9.58 Å². The van der Waals surface area contributed by atoms with Gasteiger partial charge in [0.05, 0.1) is 30.0 Å². The molecule has 2 aromatic heterocycles. The van der Waals surface area contributed by atoms with Gasteiger partial charge in [-0.1, -0.05) is 0 Å². The minimum absolute atomic E-state index is 0.00403. The van der Waals surface area contributed by atoms with Crippen LogP contribution in [0.2, 0.25) is 0 Å². The highest BCUT2D eigenvalue weighted by Crippen LogP contribution is 2.34. The highest BCUT2D eigenvalue weighted by Gasteiger charge is 2.38. The topological polar surface area (TPSA) is 76.3 Å². The summed E-state index contributed by atoms with van der Waals surface area (Å²) in [7, 11) is -3.90. The maximum Gasteiger partial charge on any atom is 0.390 e. The minimum Gasteiger partial charge on any atom is -0.293 e. The molecular weight excluding hydrogens is 536 g/mol. The number of halogens is 4. The molecule has 3 heterocycles. The van der Waals surface area contributed by atoms with E-state index in [4.69, 9.17) is 0 Å². The fourth-order valence-electron chi connectivity index (χ4n) is 4.99. The second-order valence-electron chi connectivity index (χ2n) is 9.61. The number of rotatable bonds is 7. The number of hydrogen-bond acceptors (Lipinski definition) is 5. The Kier molecular flexibility index (Phi) is 7.25. The summed E-state index contributed by atoms with van der Waals surface area (Å²) in [6, 6.07) is 9.02. The molecule has 13 heteroatoms. The van der Waals surface area contributed by atoms with E-state index in [0.29, 0.717) is 12.2 Å². The zero-order valence-corrected chi connectivity index (χ0v) is 22.3. The third kappa shape index (κ3) is 5.56. The van der Waals surface area contributed by atoms with Gasteiger partial charge in [0.1, 0.15) is 10.7 Å². The molecule has 1 atom stereocenters. The van der Waals surface area contributed by atoms with Gasteiger partial charge in [0.15, 0.2) is 0 Å². The van der Waals surface area contributed by atoms with Gasteiger partial charge in [-0.2, -0.15) is 27.7 Å². The Morgan fingerprint density at radius 2 is 1.79 bits per heavy atom. The Morgan fingerprint density at radius 1 is 1.05 bits per heavy atom. The summed E-state index contributed by atoms with van der Waals surface area (Å²) in [5.41, 5.74) is 2.92. The molecule has 0 spiro atoms. The molecule has 0 N–H and O–H groups in total. The number of aromatic nitrogens is 4. The normalized spacial score (nSPS) is 17.7. The lowest BCUT2D eigenvalue weighted by Gasteiger charge is -2.41. The van der Waals surface area contributed by atoms with Crippen LogP contribution in [-0.2, 0) is 16.6 Å². The number of nitrogens with zero attached hydrogens (tertiary/aromatic N) is 6. The first-order valence-electron chi connectivity index (χ1n) is 12.5. The quantitative estimate of drug-likeness (QED) is 0.305. The molecule has 0 aliphatic carbocycles. The number of sulfonamides is 1. The Bertz CT molecular complexity index is 1580. The average molecular weight is 565 g/mol. The molecule has 1 unspecified atom stereocenters. The summed E-state index contributed by atoms with van der Waals surface area (Å²) in [6.45, 7) is 4.16. The first-order chi connectivity index (χ1) is 18.5. The molecule has 1 saturated heterocycles. The van der Waals surface area contributed by atoms with Crippen molar-refractivity contribution in [1.82, 2.24) is 28.8 Å². The first-order valence-corrected chi connectivity index (χ1v) is 14.0. The second-order valence-corrected chi connectivity index (χ2v) is 11.6. The van der Waals surface area contributed by atoms with E-state index >= 15 is 0 Å². The molecule has 39 heavy (non-hydrogen) atoms. The summed E-state index contributed by atoms with van der Waals surface area (Å²) >= 11 is 0. The number of fused-ring (bicyclic) bond motifs is 1. The van der Waals surface area contributed by atoms with Crippen LogP contribution < -0.4 is 0 Å². The van der Waals surface area contributed by atoms with Crippen LogP contribution in [0, 0.1) is 12.7 Å². The van der Waals surface area contributed by atoms with Crippen molar-refractivity contribution < 1.29 is 26.0 Å². The zero-order chi connectivity index (χ0) is 27.9. The summed E-state index contributed by atoms with van der Waals surface area (Å²) < 4.78 is 84.3. The van der Waals surface area contributed by atoms with Gasteiger partial charge in [0.2, 0.25) is 10.0 Å². The monoisotopic (exact) mass is 564 g/mol. The number of alkyl halides is 3. The predicted octanol–water partition coefficient (Wildman–Crippen LogP) is 4.69. The molecule has 5 rings (SSSR count). The third-order valence-electron chi connectivity index (χ3n) is 7.09. The summed E-state index contributed by atoms with van der Waals surface area (Å²) in [4.78, 5) is 1.76. The van der Waals surface area contributed by atoms with Gasteiger partial charge in [0, 0.05) is 50.3 Å². The number of piperazine rings is 1. The van der Waals surface area contributed by atoms with Crippen LogP contribution in [0.5, 0.6) is 0 Å². The largest absolute Gasteiger partial charge is 0.390 e. The minimum atomic E-state index is -4.34. The van der Waals surface area contributed by atoms with E-state index in [9.17, 15) is 26.0 Å². The molecule has 1 aliphatic rings. The fourth-order valence-corrected chi connectivity index (χ4v) is 6.38. The molecule has 8 nitrogen and oxygen atoms in total. The van der Waals surface area contributed by atoms with Crippen LogP contribution in [0.3, 0.4) is 0 Å². The van der Waals surface area contributed by atoms with Crippen molar-refractivity contribution in [3.63, 3.8) is 0 Å². The lowest BCUT2D eigenvalue weighted by atomic mass is 9.96. The predicted molar refractivity (Wildman–Crippen MR) is 137 cm³/mol. The van der Waals surface area contributed by atoms with E-state index in [1.807, 2.05) is 26.0 Å². The Balaban J connectivity index is 1.51. The van der Waals surface area contributed by atoms with Crippen molar-refractivity contribution in [2.75, 3.05) is 26.2 Å². The van der Waals surface area contributed by atoms with Crippen LogP contribution in [0.4, 0.5) is 17.6 Å². The maximum absolute atomic E-state index is 13.4. The molecule has 0 saturated carbocycles. The molecular formula is C26H28F4N6O2S. The maximum atomic E-state index is 13.4. The van der Waals surface area contributed by atoms with Crippen molar-refractivity contribution in [2.45, 2.75) is 43.9 Å². The first kappa shape index (κ1) is 27.3. The van der Waals surface area contributed by atoms with Crippen LogP contribution in [-0.4, -0.2) is 69.5 Å². The van der Waals surface area contributed by atoms with Gasteiger partial charge < -0.3 is 0 Å². The molecule has 0 radical (unpaired) electrons. The SMILES string of the molecule is CCn1cc(S(=O)(=O)N2CCN(CCC(F)(F)F)C(c3cc4cnn(-c5ccc(F)cc5)c4cc3C)C2)cn1. The fraction of sp³-hybridized carbons (Fsp3) is 0.385. The van der Waals surface area contributed by atoms with E-state index in [1.165, 1.54) is 33.5 Å². The molecule has 1 aliphatic heterocycles. The average Bonchev–Trinajstić information content (AvgIpc) is 3.54. The van der Waals surface area contributed by atoms with E-state index in [0.717, 1.165) is 22.0 Å². The zero-order valence-electron chi connectivity index (χ0n) is 21.4. The smallest absolute Gasteiger partial charge is 0.293 e. The lowest BCUT2D eigenvalue weighted by molar-refractivity contribution is -0.140. The Labute approximate surface area is 223 Å². The summed E-state index contributed by atoms with van der Waals surface area (Å²) in [5.74, 6) is -0.369. The Morgan fingerprint density at radius 3 is 2.46 bits per heavy atom. The van der Waals surface area contributed by atoms with Gasteiger partial charge in [-0.25, -0.2) is 17.5 Å². The van der Waals surface area contributed by atoms with Crippen molar-refractivity contribution >= 4 is 20.9 Å². The highest BCUT2D eigenvalue weighted by molar-refractivity contribution is 7.89. The Hall–Kier alpha value is -3.29. The molecule has 208 valence electrons. The van der Waals surface area contributed by atoms with Gasteiger partial charge >= 0.3 is 6.18 Å². The van der Waals surface area contributed by atoms with E-state index in [2.05, 4.69) is 10.2 Å². The van der Waals surface area contributed by atoms with Gasteiger partial charge in [0.25, 0.3) is 0 Å². The number of benzene rings is 2. The summed E-state index contributed by atoms with van der Waals surface area (Å²) in [6.07, 6.45) is -0.939. The van der Waals surface area contributed by atoms with Crippen LogP contribution >= 0.6 is 0 Å². The standard InChI is InChI=1S/C26H28F4N6O2S/c1-3-34-16-22(15-31-34)39(37,38)35-11-10-33(9-8-26(28,29)30)25(17-35)23-13-19-14-32-36(24(19)12-18(23)2)21-6-4-20(27)5-7-21/h4-7,12-16,25H,3,8-11,17H2,1-2H3. The molecule has 4 aromatic rings. The van der Waals surface area contributed by atoms with E-state index in [1.54, 1.807) is 27.9 Å². The highest BCUT2D eigenvalue weighted by atomic mass is 32.2. The van der Waals surface area contributed by atoms with Crippen LogP contribution in [0.1, 0.15) is 30.5 Å². The van der Waals surface area contributed by atoms with Crippen LogP contribution in [0.15, 0.2) is 59.9 Å². The molecule has 1 fully saturated rings. The molecule has 2 aromatic carbocycles. The second kappa shape index (κ2) is 10.4. The number of aryl methyl sites for hydroxylation is 2. The van der Waals surface area contributed by atoms with Crippen molar-refractivity contribution in [3.05, 3.63) is 71.9 Å². The summed E-state index contributed by atoms with van der Waals surface area (Å²) in [5, 5.41) is 9.24. The third-order valence-corrected chi connectivity index (χ3v) is 8.91.